The summed E-state index contributed by atoms with van der Waals surface area (Å²) in [6.07, 6.45) is 0. The molecule has 0 fully saturated rings. The fraction of sp³-hybridized carbons (Fsp3) is 0.111. The topological polar surface area (TPSA) is 58.9 Å². The number of carboxylic acids is 1. The number of carbonyl (C=O) groups is 1. The predicted octanol–water partition coefficient (Wildman–Crippen LogP) is 1.52. The van der Waals surface area contributed by atoms with E-state index in [-0.39, 0.29) is 5.56 Å². The Morgan fingerprint density at radius 3 is 2.54 bits per heavy atom. The molecule has 1 N–H and O–H groups in total. The molecule has 0 radical (unpaired) electrons. The summed E-state index contributed by atoms with van der Waals surface area (Å²) in [7, 11) is 0. The van der Waals surface area contributed by atoms with Crippen LogP contribution in [0.4, 0.5) is 0 Å². The molecule has 0 heterocycles. The van der Waals surface area contributed by atoms with Gasteiger partial charge in [-0.15, -0.1) is 5.16 Å². The lowest BCUT2D eigenvalue weighted by Gasteiger charge is -1.99. The molecular weight excluding hydrogens is 170 g/mol. The average molecular weight is 179 g/mol. The maximum Gasteiger partial charge on any atom is 0.335 e. The van der Waals surface area contributed by atoms with E-state index in [1.165, 1.54) is 12.1 Å². The Bertz CT molecular complexity index is 305. The zero-order valence-corrected chi connectivity index (χ0v) is 6.93. The molecule has 0 saturated heterocycles. The zero-order chi connectivity index (χ0) is 9.68. The first-order valence-corrected chi connectivity index (χ1v) is 3.64. The summed E-state index contributed by atoms with van der Waals surface area (Å²) in [6.45, 7) is 3.46. The Balaban J connectivity index is 2.69. The van der Waals surface area contributed by atoms with E-state index in [1.54, 1.807) is 12.1 Å². The molecule has 0 bridgehead atoms. The van der Waals surface area contributed by atoms with Gasteiger partial charge < -0.3 is 9.94 Å². The van der Waals surface area contributed by atoms with Crippen LogP contribution in [0, 0.1) is 0 Å². The molecule has 0 aromatic heterocycles. The minimum Gasteiger partial charge on any atom is -0.478 e. The van der Waals surface area contributed by atoms with Gasteiger partial charge in [-0.05, 0) is 17.7 Å². The highest BCUT2D eigenvalue weighted by atomic mass is 16.6. The van der Waals surface area contributed by atoms with Crippen LogP contribution in [0.3, 0.4) is 0 Å². The predicted molar refractivity (Wildman–Crippen MR) is 47.7 cm³/mol. The second-order valence-corrected chi connectivity index (χ2v) is 2.40. The lowest BCUT2D eigenvalue weighted by molar-refractivity contribution is 0.0696. The van der Waals surface area contributed by atoms with Crippen molar-refractivity contribution in [1.29, 1.82) is 0 Å². The number of rotatable bonds is 4. The highest BCUT2D eigenvalue weighted by Crippen LogP contribution is 2.05. The van der Waals surface area contributed by atoms with Gasteiger partial charge in [-0.25, -0.2) is 4.79 Å². The fourth-order valence-electron chi connectivity index (χ4n) is 0.864. The smallest absolute Gasteiger partial charge is 0.335 e. The van der Waals surface area contributed by atoms with Crippen LogP contribution in [0.25, 0.3) is 0 Å². The third-order valence-corrected chi connectivity index (χ3v) is 1.52. The Morgan fingerprint density at radius 2 is 2.08 bits per heavy atom. The van der Waals surface area contributed by atoms with E-state index in [0.29, 0.717) is 6.61 Å². The van der Waals surface area contributed by atoms with E-state index in [9.17, 15) is 4.79 Å². The van der Waals surface area contributed by atoms with E-state index < -0.39 is 5.97 Å². The van der Waals surface area contributed by atoms with Gasteiger partial charge in [-0.3, -0.25) is 0 Å². The van der Waals surface area contributed by atoms with Crippen molar-refractivity contribution in [3.8, 4) is 0 Å². The molecular formula is C9H9NO3. The summed E-state index contributed by atoms with van der Waals surface area (Å²) in [4.78, 5) is 15.2. The molecule has 0 aliphatic heterocycles. The average Bonchev–Trinajstić information content (AvgIpc) is 2.15. The molecule has 0 amide bonds. The van der Waals surface area contributed by atoms with Crippen LogP contribution in [-0.2, 0) is 11.4 Å². The van der Waals surface area contributed by atoms with E-state index in [0.717, 1.165) is 5.56 Å². The summed E-state index contributed by atoms with van der Waals surface area (Å²) in [5.41, 5.74) is 1.12. The number of benzene rings is 1. The van der Waals surface area contributed by atoms with Gasteiger partial charge in [0.05, 0.1) is 5.56 Å². The molecule has 0 saturated carbocycles. The van der Waals surface area contributed by atoms with Crippen LogP contribution in [-0.4, -0.2) is 17.8 Å². The normalized spacial score (nSPS) is 9.23. The number of oxime groups is 1. The third-order valence-electron chi connectivity index (χ3n) is 1.52. The molecule has 0 spiro atoms. The molecule has 13 heavy (non-hydrogen) atoms. The maximum absolute atomic E-state index is 10.5. The van der Waals surface area contributed by atoms with Crippen LogP contribution in [0.15, 0.2) is 29.4 Å². The third kappa shape index (κ3) is 2.59. The maximum atomic E-state index is 10.5. The largest absolute Gasteiger partial charge is 0.478 e. The van der Waals surface area contributed by atoms with Gasteiger partial charge in [-0.1, -0.05) is 12.1 Å². The first kappa shape index (κ1) is 9.25. The molecule has 4 nitrogen and oxygen atoms in total. The Hall–Kier alpha value is -1.84. The van der Waals surface area contributed by atoms with E-state index in [1.807, 2.05) is 0 Å². The number of hydrogen-bond donors (Lipinski definition) is 1. The summed E-state index contributed by atoms with van der Waals surface area (Å²) in [5.74, 6) is -0.936. The van der Waals surface area contributed by atoms with Gasteiger partial charge in [0.2, 0.25) is 0 Å². The van der Waals surface area contributed by atoms with Crippen molar-refractivity contribution in [2.24, 2.45) is 5.16 Å². The minimum absolute atomic E-state index is 0.260. The quantitative estimate of drug-likeness (QED) is 0.563. The summed E-state index contributed by atoms with van der Waals surface area (Å²) in [5, 5.41) is 11.8. The van der Waals surface area contributed by atoms with Crippen molar-refractivity contribution in [3.63, 3.8) is 0 Å². The highest BCUT2D eigenvalue weighted by Gasteiger charge is 2.01. The molecule has 1 aromatic carbocycles. The number of nitrogens with zero attached hydrogens (tertiary/aromatic N) is 1. The lowest BCUT2D eigenvalue weighted by Crippen LogP contribution is -1.96. The highest BCUT2D eigenvalue weighted by molar-refractivity contribution is 5.87. The second kappa shape index (κ2) is 4.25. The summed E-state index contributed by atoms with van der Waals surface area (Å²) in [6, 6.07) is 6.39. The summed E-state index contributed by atoms with van der Waals surface area (Å²) < 4.78 is 0. The van der Waals surface area contributed by atoms with Gasteiger partial charge in [0.1, 0.15) is 6.61 Å². The van der Waals surface area contributed by atoms with E-state index >= 15 is 0 Å². The van der Waals surface area contributed by atoms with Crippen LogP contribution in [0.5, 0.6) is 0 Å². The van der Waals surface area contributed by atoms with Crippen molar-refractivity contribution >= 4 is 12.7 Å². The number of aromatic carboxylic acids is 1. The summed E-state index contributed by atoms with van der Waals surface area (Å²) >= 11 is 0. The van der Waals surface area contributed by atoms with Crippen LogP contribution >= 0.6 is 0 Å². The number of carboxylic acid groups (broad SMARTS) is 1. The standard InChI is InChI=1S/C9H9NO3/c1-10-13-6-7-2-4-8(5-3-7)9(11)12/h2-5H,1,6H2,(H,11,12). The molecule has 0 atom stereocenters. The van der Waals surface area contributed by atoms with E-state index in [2.05, 4.69) is 16.7 Å². The molecule has 0 aliphatic carbocycles. The van der Waals surface area contributed by atoms with Crippen molar-refractivity contribution in [3.05, 3.63) is 35.4 Å². The van der Waals surface area contributed by atoms with Gasteiger partial charge in [0.15, 0.2) is 0 Å². The second-order valence-electron chi connectivity index (χ2n) is 2.40. The molecule has 1 rings (SSSR count). The molecule has 0 unspecified atom stereocenters. The Labute approximate surface area is 75.4 Å². The number of hydrogen-bond acceptors (Lipinski definition) is 3. The monoisotopic (exact) mass is 179 g/mol. The molecule has 0 aliphatic rings. The van der Waals surface area contributed by atoms with Crippen LogP contribution in [0.2, 0.25) is 0 Å². The Kier molecular flexibility index (Phi) is 3.03. The van der Waals surface area contributed by atoms with Crippen molar-refractivity contribution < 1.29 is 14.7 Å². The Morgan fingerprint density at radius 1 is 1.46 bits per heavy atom. The fourth-order valence-corrected chi connectivity index (χ4v) is 0.864. The zero-order valence-electron chi connectivity index (χ0n) is 6.93. The van der Waals surface area contributed by atoms with Crippen molar-refractivity contribution in [2.45, 2.75) is 6.61 Å². The SMILES string of the molecule is C=NOCc1ccc(C(=O)O)cc1. The van der Waals surface area contributed by atoms with Crippen LogP contribution < -0.4 is 0 Å². The molecule has 4 heteroatoms. The van der Waals surface area contributed by atoms with Crippen molar-refractivity contribution in [2.75, 3.05) is 0 Å². The van der Waals surface area contributed by atoms with Gasteiger partial charge in [0, 0.05) is 6.72 Å². The first-order valence-electron chi connectivity index (χ1n) is 3.64. The van der Waals surface area contributed by atoms with Gasteiger partial charge in [0.25, 0.3) is 0 Å². The van der Waals surface area contributed by atoms with Gasteiger partial charge in [-0.2, -0.15) is 0 Å². The minimum atomic E-state index is -0.936. The molecule has 1 aromatic rings. The van der Waals surface area contributed by atoms with E-state index in [4.69, 9.17) is 5.11 Å². The van der Waals surface area contributed by atoms with Gasteiger partial charge >= 0.3 is 5.97 Å². The first-order chi connectivity index (χ1) is 6.24. The molecule has 68 valence electrons. The van der Waals surface area contributed by atoms with Crippen LogP contribution in [0.1, 0.15) is 15.9 Å². The van der Waals surface area contributed by atoms with Crippen molar-refractivity contribution in [1.82, 2.24) is 0 Å². The lowest BCUT2D eigenvalue weighted by atomic mass is 10.1.